The Kier molecular flexibility index (Phi) is 2.59. The number of hydrogen-bond acceptors (Lipinski definition) is 3. The van der Waals surface area contributed by atoms with Crippen molar-refractivity contribution in [2.45, 2.75) is 25.8 Å². The van der Waals surface area contributed by atoms with E-state index in [2.05, 4.69) is 0 Å². The predicted octanol–water partition coefficient (Wildman–Crippen LogP) is 1.81. The topological polar surface area (TPSA) is 83.5 Å². The molecule has 1 aliphatic carbocycles. The van der Waals surface area contributed by atoms with Gasteiger partial charge in [0.05, 0.1) is 0 Å². The summed E-state index contributed by atoms with van der Waals surface area (Å²) in [5, 5.41) is 18.8. The average molecular weight is 221 g/mol. The lowest BCUT2D eigenvalue weighted by atomic mass is 9.97. The monoisotopic (exact) mass is 221 g/mol. The van der Waals surface area contributed by atoms with Gasteiger partial charge in [-0.3, -0.25) is 0 Å². The summed E-state index contributed by atoms with van der Waals surface area (Å²) in [7, 11) is 0. The molecule has 0 saturated heterocycles. The van der Waals surface area contributed by atoms with E-state index in [1.807, 2.05) is 0 Å². The molecule has 1 saturated carbocycles. The van der Waals surface area contributed by atoms with Crippen LogP contribution in [0.2, 0.25) is 0 Å². The molecule has 0 aliphatic heterocycles. The van der Waals surface area contributed by atoms with Crippen molar-refractivity contribution in [1.82, 2.24) is 0 Å². The van der Waals surface area contributed by atoms with E-state index in [1.165, 1.54) is 6.07 Å². The number of rotatable bonds is 3. The van der Waals surface area contributed by atoms with Gasteiger partial charge in [-0.2, -0.15) is 0 Å². The highest BCUT2D eigenvalue weighted by molar-refractivity contribution is 5.91. The second-order valence-electron chi connectivity index (χ2n) is 4.42. The van der Waals surface area contributed by atoms with Crippen LogP contribution < -0.4 is 5.73 Å². The second kappa shape index (κ2) is 3.79. The number of carboxylic acids is 1. The van der Waals surface area contributed by atoms with E-state index < -0.39 is 5.97 Å². The number of carboxylic acid groups (broad SMARTS) is 1. The molecule has 2 rings (SSSR count). The van der Waals surface area contributed by atoms with Crippen LogP contribution >= 0.6 is 0 Å². The Morgan fingerprint density at radius 3 is 2.62 bits per heavy atom. The minimum atomic E-state index is -1.12. The van der Waals surface area contributed by atoms with Gasteiger partial charge in [0, 0.05) is 11.6 Å². The van der Waals surface area contributed by atoms with Crippen molar-refractivity contribution in [1.29, 1.82) is 0 Å². The summed E-state index contributed by atoms with van der Waals surface area (Å²) in [5.41, 5.74) is 7.28. The molecule has 0 spiro atoms. The molecule has 4 nitrogen and oxygen atoms in total. The number of aromatic hydroxyl groups is 1. The summed E-state index contributed by atoms with van der Waals surface area (Å²) in [6.45, 7) is 1.80. The van der Waals surface area contributed by atoms with Crippen LogP contribution in [0.3, 0.4) is 0 Å². The standard InChI is InChI=1S/C12H15NO3/c1-6-4-8(10(13)7-2-3-7)11(14)9(5-6)12(15)16/h4-5,7,10,14H,2-3,13H2,1H3,(H,15,16)/t10-/m1/s1. The lowest BCUT2D eigenvalue weighted by molar-refractivity contribution is 0.0693. The third-order valence-corrected chi connectivity index (χ3v) is 3.00. The highest BCUT2D eigenvalue weighted by atomic mass is 16.4. The van der Waals surface area contributed by atoms with E-state index in [9.17, 15) is 9.90 Å². The molecule has 0 amide bonds. The van der Waals surface area contributed by atoms with Crippen molar-refractivity contribution in [2.24, 2.45) is 11.7 Å². The van der Waals surface area contributed by atoms with E-state index in [0.29, 0.717) is 11.5 Å². The molecule has 4 N–H and O–H groups in total. The SMILES string of the molecule is Cc1cc(C(=O)O)c(O)c([C@H](N)C2CC2)c1. The van der Waals surface area contributed by atoms with Gasteiger partial charge in [-0.1, -0.05) is 6.07 Å². The zero-order chi connectivity index (χ0) is 11.9. The molecule has 0 heterocycles. The molecule has 1 aromatic rings. The average Bonchev–Trinajstić information content (AvgIpc) is 3.03. The number of aromatic carboxylic acids is 1. The van der Waals surface area contributed by atoms with Gasteiger partial charge in [0.1, 0.15) is 11.3 Å². The summed E-state index contributed by atoms with van der Waals surface area (Å²) in [5.74, 6) is -0.919. The molecule has 1 atom stereocenters. The van der Waals surface area contributed by atoms with Crippen LogP contribution in [-0.2, 0) is 0 Å². The van der Waals surface area contributed by atoms with E-state index in [-0.39, 0.29) is 17.4 Å². The van der Waals surface area contributed by atoms with Crippen molar-refractivity contribution >= 4 is 5.97 Å². The van der Waals surface area contributed by atoms with Crippen LogP contribution in [0.25, 0.3) is 0 Å². The van der Waals surface area contributed by atoms with Crippen LogP contribution in [0.4, 0.5) is 0 Å². The van der Waals surface area contributed by atoms with Gasteiger partial charge in [0.25, 0.3) is 0 Å². The van der Waals surface area contributed by atoms with Gasteiger partial charge < -0.3 is 15.9 Å². The molecule has 0 radical (unpaired) electrons. The zero-order valence-electron chi connectivity index (χ0n) is 9.10. The fourth-order valence-corrected chi connectivity index (χ4v) is 1.93. The minimum Gasteiger partial charge on any atom is -0.507 e. The molecule has 4 heteroatoms. The molecular formula is C12H15NO3. The quantitative estimate of drug-likeness (QED) is 0.726. The van der Waals surface area contributed by atoms with E-state index in [4.69, 9.17) is 10.8 Å². The number of carbonyl (C=O) groups is 1. The van der Waals surface area contributed by atoms with E-state index >= 15 is 0 Å². The normalized spacial score (nSPS) is 17.1. The third-order valence-electron chi connectivity index (χ3n) is 3.00. The number of nitrogens with two attached hydrogens (primary N) is 1. The Bertz CT molecular complexity index is 438. The third kappa shape index (κ3) is 1.88. The second-order valence-corrected chi connectivity index (χ2v) is 4.42. The van der Waals surface area contributed by atoms with Gasteiger partial charge in [-0.25, -0.2) is 4.79 Å². The van der Waals surface area contributed by atoms with Crippen molar-refractivity contribution in [2.75, 3.05) is 0 Å². The largest absolute Gasteiger partial charge is 0.507 e. The molecule has 1 fully saturated rings. The summed E-state index contributed by atoms with van der Waals surface area (Å²) in [6.07, 6.45) is 2.11. The van der Waals surface area contributed by atoms with Gasteiger partial charge in [0.15, 0.2) is 0 Å². The van der Waals surface area contributed by atoms with Crippen LogP contribution in [-0.4, -0.2) is 16.2 Å². The first-order valence-electron chi connectivity index (χ1n) is 5.33. The van der Waals surface area contributed by atoms with Crippen LogP contribution in [0.5, 0.6) is 5.75 Å². The van der Waals surface area contributed by atoms with Crippen LogP contribution in [0.1, 0.15) is 40.4 Å². The number of hydrogen-bond donors (Lipinski definition) is 3. The van der Waals surface area contributed by atoms with E-state index in [0.717, 1.165) is 18.4 Å². The minimum absolute atomic E-state index is 0.0638. The molecule has 1 aliphatic rings. The highest BCUT2D eigenvalue weighted by Gasteiger charge is 2.32. The Hall–Kier alpha value is -1.55. The first-order chi connectivity index (χ1) is 7.50. The maximum Gasteiger partial charge on any atom is 0.339 e. The summed E-state index contributed by atoms with van der Waals surface area (Å²) >= 11 is 0. The molecule has 1 aromatic carbocycles. The fourth-order valence-electron chi connectivity index (χ4n) is 1.93. The number of phenols is 1. The fraction of sp³-hybridized carbons (Fsp3) is 0.417. The number of aryl methyl sites for hydroxylation is 1. The predicted molar refractivity (Wildman–Crippen MR) is 59.5 cm³/mol. The summed E-state index contributed by atoms with van der Waals surface area (Å²) in [4.78, 5) is 10.9. The lowest BCUT2D eigenvalue weighted by Gasteiger charge is -2.15. The maximum atomic E-state index is 10.9. The van der Waals surface area contributed by atoms with Gasteiger partial charge in [-0.05, 0) is 37.3 Å². The zero-order valence-corrected chi connectivity index (χ0v) is 9.10. The Balaban J connectivity index is 2.47. The Labute approximate surface area is 93.7 Å². The van der Waals surface area contributed by atoms with Crippen molar-refractivity contribution in [3.8, 4) is 5.75 Å². The number of benzene rings is 1. The molecule has 0 unspecified atom stereocenters. The molecule has 86 valence electrons. The van der Waals surface area contributed by atoms with E-state index in [1.54, 1.807) is 13.0 Å². The molecule has 0 aromatic heterocycles. The van der Waals surface area contributed by atoms with Gasteiger partial charge in [-0.15, -0.1) is 0 Å². The molecule has 16 heavy (non-hydrogen) atoms. The first-order valence-corrected chi connectivity index (χ1v) is 5.33. The van der Waals surface area contributed by atoms with Crippen molar-refractivity contribution in [3.63, 3.8) is 0 Å². The highest BCUT2D eigenvalue weighted by Crippen LogP contribution is 2.42. The Morgan fingerprint density at radius 2 is 2.12 bits per heavy atom. The summed E-state index contributed by atoms with van der Waals surface area (Å²) in [6, 6.07) is 2.98. The van der Waals surface area contributed by atoms with Crippen LogP contribution in [0, 0.1) is 12.8 Å². The first kappa shape index (κ1) is 11.0. The van der Waals surface area contributed by atoms with Crippen molar-refractivity contribution in [3.05, 3.63) is 28.8 Å². The molecule has 0 bridgehead atoms. The van der Waals surface area contributed by atoms with Crippen molar-refractivity contribution < 1.29 is 15.0 Å². The Morgan fingerprint density at radius 1 is 1.50 bits per heavy atom. The van der Waals surface area contributed by atoms with Gasteiger partial charge >= 0.3 is 5.97 Å². The van der Waals surface area contributed by atoms with Gasteiger partial charge in [0.2, 0.25) is 0 Å². The lowest BCUT2D eigenvalue weighted by Crippen LogP contribution is -2.14. The molecular weight excluding hydrogens is 206 g/mol. The smallest absolute Gasteiger partial charge is 0.339 e. The maximum absolute atomic E-state index is 10.9. The van der Waals surface area contributed by atoms with Crippen LogP contribution in [0.15, 0.2) is 12.1 Å². The summed E-state index contributed by atoms with van der Waals surface area (Å²) < 4.78 is 0.